The molecule has 30 heavy (non-hydrogen) atoms. The standard InChI is InChI=1S/C25H31N3O2/c1-4-28(5-2)17-11-16-27(3)18-21-23(25(29)30)20-14-9-10-15-22(20)26-24(21)19-12-7-6-8-13-19/h6-10,12-15H,4-5,11,16-18H2,1-3H3,(H,29,30). The molecule has 0 atom stereocenters. The number of rotatable bonds is 10. The van der Waals surface area contributed by atoms with Gasteiger partial charge < -0.3 is 14.9 Å². The molecular weight excluding hydrogens is 374 g/mol. The molecule has 1 heterocycles. The van der Waals surface area contributed by atoms with Gasteiger partial charge in [0.05, 0.1) is 16.8 Å². The fraction of sp³-hybridized carbons (Fsp3) is 0.360. The highest BCUT2D eigenvalue weighted by Gasteiger charge is 2.22. The molecule has 0 bridgehead atoms. The highest BCUT2D eigenvalue weighted by atomic mass is 16.4. The summed E-state index contributed by atoms with van der Waals surface area (Å²) in [5.74, 6) is -0.905. The molecule has 5 nitrogen and oxygen atoms in total. The van der Waals surface area contributed by atoms with Crippen molar-refractivity contribution >= 4 is 16.9 Å². The van der Waals surface area contributed by atoms with E-state index in [4.69, 9.17) is 4.98 Å². The van der Waals surface area contributed by atoms with Crippen LogP contribution in [0.5, 0.6) is 0 Å². The summed E-state index contributed by atoms with van der Waals surface area (Å²) in [4.78, 5) is 21.8. The van der Waals surface area contributed by atoms with Gasteiger partial charge in [0.1, 0.15) is 0 Å². The second-order valence-electron chi connectivity index (χ2n) is 7.62. The van der Waals surface area contributed by atoms with Crippen LogP contribution in [0.4, 0.5) is 0 Å². The highest BCUT2D eigenvalue weighted by Crippen LogP contribution is 2.31. The molecule has 3 rings (SSSR count). The number of hydrogen-bond donors (Lipinski definition) is 1. The maximum absolute atomic E-state index is 12.3. The third-order valence-corrected chi connectivity index (χ3v) is 5.59. The lowest BCUT2D eigenvalue weighted by molar-refractivity contribution is 0.0697. The summed E-state index contributed by atoms with van der Waals surface area (Å²) in [5.41, 5.74) is 3.54. The van der Waals surface area contributed by atoms with Gasteiger partial charge in [0.15, 0.2) is 0 Å². The van der Waals surface area contributed by atoms with Gasteiger partial charge in [-0.1, -0.05) is 62.4 Å². The Balaban J connectivity index is 1.98. The van der Waals surface area contributed by atoms with Crippen LogP contribution >= 0.6 is 0 Å². The first kappa shape index (κ1) is 21.9. The van der Waals surface area contributed by atoms with Crippen LogP contribution in [0.3, 0.4) is 0 Å². The van der Waals surface area contributed by atoms with Gasteiger partial charge in [-0.05, 0) is 45.7 Å². The third-order valence-electron chi connectivity index (χ3n) is 5.59. The minimum absolute atomic E-state index is 0.357. The SMILES string of the molecule is CCN(CC)CCCN(C)Cc1c(-c2ccccc2)nc2ccccc2c1C(=O)O. The summed E-state index contributed by atoms with van der Waals surface area (Å²) in [6.07, 6.45) is 1.04. The molecule has 2 aromatic carbocycles. The average Bonchev–Trinajstić information content (AvgIpc) is 2.76. The van der Waals surface area contributed by atoms with Crippen molar-refractivity contribution in [1.82, 2.24) is 14.8 Å². The average molecular weight is 406 g/mol. The van der Waals surface area contributed by atoms with Gasteiger partial charge in [0.25, 0.3) is 0 Å². The quantitative estimate of drug-likeness (QED) is 0.527. The molecule has 0 saturated carbocycles. The molecule has 5 heteroatoms. The van der Waals surface area contributed by atoms with Gasteiger partial charge in [0.2, 0.25) is 0 Å². The van der Waals surface area contributed by atoms with E-state index in [1.807, 2.05) is 54.6 Å². The van der Waals surface area contributed by atoms with E-state index in [2.05, 4.69) is 30.7 Å². The molecule has 0 amide bonds. The van der Waals surface area contributed by atoms with Crippen molar-refractivity contribution in [2.24, 2.45) is 0 Å². The predicted octanol–water partition coefficient (Wildman–Crippen LogP) is 4.76. The number of fused-ring (bicyclic) bond motifs is 1. The van der Waals surface area contributed by atoms with Crippen molar-refractivity contribution in [3.8, 4) is 11.3 Å². The highest BCUT2D eigenvalue weighted by molar-refractivity contribution is 6.05. The molecular formula is C25H31N3O2. The molecule has 0 saturated heterocycles. The number of para-hydroxylation sites is 1. The number of hydrogen-bond acceptors (Lipinski definition) is 4. The van der Waals surface area contributed by atoms with Crippen LogP contribution in [0.15, 0.2) is 54.6 Å². The lowest BCUT2D eigenvalue weighted by Gasteiger charge is -2.23. The molecule has 0 fully saturated rings. The van der Waals surface area contributed by atoms with E-state index in [1.54, 1.807) is 0 Å². The summed E-state index contributed by atoms with van der Waals surface area (Å²) >= 11 is 0. The van der Waals surface area contributed by atoms with E-state index < -0.39 is 5.97 Å². The lowest BCUT2D eigenvalue weighted by Crippen LogP contribution is -2.28. The zero-order chi connectivity index (χ0) is 21.5. The summed E-state index contributed by atoms with van der Waals surface area (Å²) < 4.78 is 0. The first-order valence-corrected chi connectivity index (χ1v) is 10.7. The van der Waals surface area contributed by atoms with Crippen LogP contribution in [0.1, 0.15) is 36.2 Å². The smallest absolute Gasteiger partial charge is 0.336 e. The Bertz CT molecular complexity index is 984. The van der Waals surface area contributed by atoms with Crippen molar-refractivity contribution in [3.63, 3.8) is 0 Å². The van der Waals surface area contributed by atoms with Gasteiger partial charge in [-0.25, -0.2) is 9.78 Å². The molecule has 0 aliphatic rings. The minimum Gasteiger partial charge on any atom is -0.478 e. The molecule has 0 aliphatic heterocycles. The zero-order valence-electron chi connectivity index (χ0n) is 18.1. The molecule has 1 aromatic heterocycles. The molecule has 0 unspecified atom stereocenters. The fourth-order valence-electron chi connectivity index (χ4n) is 3.94. The van der Waals surface area contributed by atoms with Gasteiger partial charge in [-0.3, -0.25) is 0 Å². The Kier molecular flexibility index (Phi) is 7.55. The number of benzene rings is 2. The Labute approximate surface area is 179 Å². The van der Waals surface area contributed by atoms with Crippen LogP contribution in [-0.4, -0.2) is 59.1 Å². The Hall–Kier alpha value is -2.76. The Morgan fingerprint density at radius 1 is 0.967 bits per heavy atom. The van der Waals surface area contributed by atoms with Gasteiger partial charge in [0, 0.05) is 23.1 Å². The van der Waals surface area contributed by atoms with E-state index >= 15 is 0 Å². The predicted molar refractivity (Wildman–Crippen MR) is 123 cm³/mol. The number of carbonyl (C=O) groups is 1. The Morgan fingerprint density at radius 3 is 2.30 bits per heavy atom. The van der Waals surface area contributed by atoms with E-state index in [-0.39, 0.29) is 0 Å². The summed E-state index contributed by atoms with van der Waals surface area (Å²) in [7, 11) is 2.05. The van der Waals surface area contributed by atoms with Crippen LogP contribution in [-0.2, 0) is 6.54 Å². The normalized spacial score (nSPS) is 11.5. The minimum atomic E-state index is -0.905. The van der Waals surface area contributed by atoms with Gasteiger partial charge in [-0.2, -0.15) is 0 Å². The maximum Gasteiger partial charge on any atom is 0.336 e. The molecule has 3 aromatic rings. The second kappa shape index (κ2) is 10.3. The fourth-order valence-corrected chi connectivity index (χ4v) is 3.94. The van der Waals surface area contributed by atoms with Crippen molar-refractivity contribution < 1.29 is 9.90 Å². The van der Waals surface area contributed by atoms with Crippen LogP contribution < -0.4 is 0 Å². The van der Waals surface area contributed by atoms with E-state index in [0.717, 1.165) is 49.4 Å². The molecule has 0 aliphatic carbocycles. The molecule has 0 spiro atoms. The van der Waals surface area contributed by atoms with Crippen molar-refractivity contribution in [2.75, 3.05) is 33.2 Å². The number of nitrogens with zero attached hydrogens (tertiary/aromatic N) is 3. The van der Waals surface area contributed by atoms with E-state index in [1.165, 1.54) is 0 Å². The number of carboxylic acid groups (broad SMARTS) is 1. The van der Waals surface area contributed by atoms with Gasteiger partial charge >= 0.3 is 5.97 Å². The zero-order valence-corrected chi connectivity index (χ0v) is 18.1. The van der Waals surface area contributed by atoms with Crippen LogP contribution in [0.2, 0.25) is 0 Å². The summed E-state index contributed by atoms with van der Waals surface area (Å²) in [6, 6.07) is 17.4. The topological polar surface area (TPSA) is 56.7 Å². The summed E-state index contributed by atoms with van der Waals surface area (Å²) in [6.45, 7) is 8.95. The van der Waals surface area contributed by atoms with Crippen LogP contribution in [0.25, 0.3) is 22.2 Å². The Morgan fingerprint density at radius 2 is 1.63 bits per heavy atom. The third kappa shape index (κ3) is 5.04. The maximum atomic E-state index is 12.3. The second-order valence-corrected chi connectivity index (χ2v) is 7.62. The number of aromatic carboxylic acids is 1. The first-order chi connectivity index (χ1) is 14.5. The number of pyridine rings is 1. The van der Waals surface area contributed by atoms with E-state index in [0.29, 0.717) is 23.0 Å². The monoisotopic (exact) mass is 405 g/mol. The first-order valence-electron chi connectivity index (χ1n) is 10.7. The van der Waals surface area contributed by atoms with E-state index in [9.17, 15) is 9.90 Å². The number of carboxylic acids is 1. The van der Waals surface area contributed by atoms with Crippen molar-refractivity contribution in [2.45, 2.75) is 26.8 Å². The largest absolute Gasteiger partial charge is 0.478 e. The molecule has 0 radical (unpaired) electrons. The molecule has 1 N–H and O–H groups in total. The van der Waals surface area contributed by atoms with Gasteiger partial charge in [-0.15, -0.1) is 0 Å². The lowest BCUT2D eigenvalue weighted by atomic mass is 9.96. The van der Waals surface area contributed by atoms with Crippen LogP contribution in [0, 0.1) is 0 Å². The van der Waals surface area contributed by atoms with Crippen molar-refractivity contribution in [3.05, 3.63) is 65.7 Å². The number of aromatic nitrogens is 1. The molecule has 158 valence electrons. The summed E-state index contributed by atoms with van der Waals surface area (Å²) in [5, 5.41) is 10.8. The van der Waals surface area contributed by atoms with Crippen molar-refractivity contribution in [1.29, 1.82) is 0 Å².